The quantitative estimate of drug-likeness (QED) is 0.0243. The van der Waals surface area contributed by atoms with Crippen LogP contribution in [-0.2, 0) is 111 Å². The minimum Gasteiger partial charge on any atom is -0.464 e. The van der Waals surface area contributed by atoms with E-state index in [1.807, 2.05) is 0 Å². The number of carbonyl (C=O) groups excluding carboxylic acids is 19. The first-order valence-electron chi connectivity index (χ1n) is 36.7. The maximum atomic E-state index is 13.8. The lowest BCUT2D eigenvalue weighted by Crippen LogP contribution is -2.55. The molecule has 1 aromatic carbocycles. The largest absolute Gasteiger partial charge is 0.464 e. The number of rotatable bonds is 47. The average molecular weight is 1610 g/mol. The highest BCUT2D eigenvalue weighted by molar-refractivity contribution is 5.99. The van der Waals surface area contributed by atoms with Crippen LogP contribution in [0.5, 0.6) is 0 Å². The number of urea groups is 1. The molecule has 0 aliphatic rings. The van der Waals surface area contributed by atoms with E-state index in [-0.39, 0.29) is 95.7 Å². The van der Waals surface area contributed by atoms with Crippen molar-refractivity contribution in [1.29, 1.82) is 0 Å². The number of nitrogens with one attached hydrogen (secondary N) is 6. The van der Waals surface area contributed by atoms with Crippen LogP contribution >= 0.6 is 0 Å². The van der Waals surface area contributed by atoms with Crippen LogP contribution in [-0.4, -0.2) is 369 Å². The number of aryl methyl sites for hydroxylation is 1. The Hall–Kier alpha value is -11.9. The van der Waals surface area contributed by atoms with Crippen molar-refractivity contribution in [3.05, 3.63) is 41.7 Å². The Bertz CT molecular complexity index is 3720. The fourth-order valence-electron chi connectivity index (χ4n) is 9.89. The number of esters is 1. The second-order valence-corrected chi connectivity index (χ2v) is 28.6. The molecular weight excluding hydrogens is 1490 g/mol. The number of hydrogen-bond donors (Lipinski definition) is 7. The summed E-state index contributed by atoms with van der Waals surface area (Å²) < 4.78 is 11.6. The van der Waals surface area contributed by atoms with E-state index in [0.29, 0.717) is 16.9 Å². The molecule has 42 nitrogen and oxygen atoms in total. The molecule has 0 fully saturated rings. The van der Waals surface area contributed by atoms with Crippen molar-refractivity contribution in [2.75, 3.05) is 175 Å². The highest BCUT2D eigenvalue weighted by Crippen LogP contribution is 2.15. The third-order valence-corrected chi connectivity index (χ3v) is 17.4. The molecule has 634 valence electrons. The minimum absolute atomic E-state index is 0.000132. The number of ether oxygens (including phenoxy) is 2. The second-order valence-electron chi connectivity index (χ2n) is 28.6. The number of Topliss-reactive ketones (excluding diaryl/α,β-unsaturated/α-hetero) is 1. The molecule has 2 rings (SSSR count). The lowest BCUT2D eigenvalue weighted by molar-refractivity contribution is -0.147. The fourth-order valence-corrected chi connectivity index (χ4v) is 9.89. The summed E-state index contributed by atoms with van der Waals surface area (Å²) in [5.74, 6) is -11.0. The molecule has 0 spiro atoms. The topological polar surface area (TPSA) is 507 Å². The first-order valence-corrected chi connectivity index (χ1v) is 36.7. The third-order valence-electron chi connectivity index (χ3n) is 17.4. The smallest absolute Gasteiger partial charge is 0.409 e. The maximum absolute atomic E-state index is 13.8. The Kier molecular flexibility index (Phi) is 42.0. The second kappa shape index (κ2) is 48.8. The summed E-state index contributed by atoms with van der Waals surface area (Å²) in [5, 5.41) is 23.7. The average Bonchev–Trinajstić information content (AvgIpc) is 1.81. The van der Waals surface area contributed by atoms with Gasteiger partial charge in [-0.15, -0.1) is 5.10 Å². The molecule has 42 heteroatoms. The van der Waals surface area contributed by atoms with Gasteiger partial charge in [0.25, 0.3) is 0 Å². The molecule has 0 bridgehead atoms. The van der Waals surface area contributed by atoms with Gasteiger partial charge in [0.1, 0.15) is 31.8 Å². The predicted molar refractivity (Wildman–Crippen MR) is 409 cm³/mol. The van der Waals surface area contributed by atoms with Gasteiger partial charge in [0.15, 0.2) is 5.78 Å². The Morgan fingerprint density at radius 1 is 0.456 bits per heavy atom. The molecule has 114 heavy (non-hydrogen) atoms. The number of ketones is 1. The van der Waals surface area contributed by atoms with Crippen molar-refractivity contribution in [3.63, 3.8) is 0 Å². The number of anilines is 1. The van der Waals surface area contributed by atoms with Gasteiger partial charge in [-0.3, -0.25) is 81.5 Å². The molecule has 8 N–H and O–H groups in total. The molecule has 0 saturated carbocycles. The van der Waals surface area contributed by atoms with E-state index in [2.05, 4.69) is 42.2 Å². The summed E-state index contributed by atoms with van der Waals surface area (Å²) in [6.45, 7) is 6.54. The Morgan fingerprint density at radius 2 is 0.886 bits per heavy atom. The van der Waals surface area contributed by atoms with E-state index in [1.165, 1.54) is 100 Å². The molecule has 18 amide bonds. The third kappa shape index (κ3) is 36.5. The summed E-state index contributed by atoms with van der Waals surface area (Å²) in [4.78, 5) is 256. The zero-order chi connectivity index (χ0) is 86.5. The fraction of sp³-hybridized carbons (Fsp3) is 0.625. The molecule has 0 aliphatic heterocycles. The molecule has 0 radical (unpaired) electrons. The van der Waals surface area contributed by atoms with E-state index in [9.17, 15) is 91.1 Å². The zero-order valence-corrected chi connectivity index (χ0v) is 68.6. The number of hydrogen-bond acceptors (Lipinski definition) is 23. The van der Waals surface area contributed by atoms with Crippen molar-refractivity contribution >= 4 is 118 Å². The molecule has 0 unspecified atom stereocenters. The number of primary amides is 1. The SMILES string of the molecule is CC(C)C(=O)OCCN(C)C(=O)OCc1ccc(NC(=O)[C@H](CCCNC(N)=O)NC(=O)[C@@H](NC(=O)Cn2cc(CCC(=O)NCCC(=O)N(C)CC(=O)N(C)CC(=O)N(C)CC(=O)N(C)CC(=O)N(C)CC(=O)N(C)CC(=O)N(C)CC(=O)N(C)CC(=O)N(C)CC(=O)N(C)CC(=O)N[C@@H](C)C(=O)C(C)C)nn2)C(C)C)cc1. The molecule has 1 heterocycles. The highest BCUT2D eigenvalue weighted by atomic mass is 16.6. The van der Waals surface area contributed by atoms with Gasteiger partial charge in [0.2, 0.25) is 88.6 Å². The van der Waals surface area contributed by atoms with Gasteiger partial charge in [-0.05, 0) is 43.4 Å². The first kappa shape index (κ1) is 98.2. The summed E-state index contributed by atoms with van der Waals surface area (Å²) in [5.41, 5.74) is 6.47. The molecule has 0 saturated heterocycles. The van der Waals surface area contributed by atoms with Crippen molar-refractivity contribution in [2.45, 2.75) is 112 Å². The number of carbonyl (C=O) groups is 19. The number of nitrogens with zero attached hydrogens (tertiary/aromatic N) is 14. The van der Waals surface area contributed by atoms with Crippen molar-refractivity contribution in [3.8, 4) is 0 Å². The van der Waals surface area contributed by atoms with Crippen LogP contribution in [0.2, 0.25) is 0 Å². The van der Waals surface area contributed by atoms with E-state index >= 15 is 0 Å². The lowest BCUT2D eigenvalue weighted by Gasteiger charge is -2.27. The van der Waals surface area contributed by atoms with Crippen LogP contribution in [0.15, 0.2) is 30.5 Å². The number of benzene rings is 1. The Balaban J connectivity index is 1.79. The number of likely N-dealkylation sites (N-methyl/N-ethyl adjacent to an activating group) is 11. The van der Waals surface area contributed by atoms with Crippen molar-refractivity contribution in [1.82, 2.24) is 95.5 Å². The predicted octanol–water partition coefficient (Wildman–Crippen LogP) is -4.49. The summed E-state index contributed by atoms with van der Waals surface area (Å²) >= 11 is 0. The Morgan fingerprint density at radius 3 is 1.30 bits per heavy atom. The van der Waals surface area contributed by atoms with Crippen molar-refractivity contribution < 1.29 is 101 Å². The van der Waals surface area contributed by atoms with Gasteiger partial charge < -0.3 is 101 Å². The summed E-state index contributed by atoms with van der Waals surface area (Å²) in [6, 6.07) is 2.53. The minimum atomic E-state index is -1.15. The summed E-state index contributed by atoms with van der Waals surface area (Å²) in [7, 11) is 14.6. The molecule has 2 aromatic rings. The van der Waals surface area contributed by atoms with Gasteiger partial charge in [-0.2, -0.15) is 0 Å². The molecular formula is C72H115N21O21. The first-order chi connectivity index (χ1) is 53.2. The van der Waals surface area contributed by atoms with Crippen LogP contribution in [0.4, 0.5) is 15.3 Å². The number of aromatic nitrogens is 3. The molecule has 3 atom stereocenters. The van der Waals surface area contributed by atoms with Crippen molar-refractivity contribution in [2.24, 2.45) is 23.5 Å². The van der Waals surface area contributed by atoms with E-state index in [4.69, 9.17) is 15.2 Å². The van der Waals surface area contributed by atoms with E-state index in [0.717, 1.165) is 49.0 Å². The van der Waals surface area contributed by atoms with Gasteiger partial charge in [-0.25, -0.2) is 14.3 Å². The van der Waals surface area contributed by atoms with Gasteiger partial charge in [0, 0.05) is 128 Å². The maximum Gasteiger partial charge on any atom is 0.409 e. The monoisotopic (exact) mass is 1610 g/mol. The zero-order valence-electron chi connectivity index (χ0n) is 68.6. The van der Waals surface area contributed by atoms with E-state index in [1.54, 1.807) is 65.8 Å². The molecule has 0 aliphatic carbocycles. The lowest BCUT2D eigenvalue weighted by atomic mass is 10.0. The van der Waals surface area contributed by atoms with E-state index < -0.39 is 190 Å². The Labute approximate surface area is 663 Å². The van der Waals surface area contributed by atoms with Gasteiger partial charge >= 0.3 is 18.1 Å². The number of nitrogens with two attached hydrogens (primary N) is 1. The highest BCUT2D eigenvalue weighted by Gasteiger charge is 2.32. The number of amides is 18. The van der Waals surface area contributed by atoms with Crippen LogP contribution < -0.4 is 37.6 Å². The standard InChI is InChI=1S/C72H115N21O21/c1-45(2)66(69(109)78-52(20-19-28-75-71(73)111)68(108)77-50-23-21-49(22-24-50)44-114-72(112)82(8)30-31-113-70(110)47(5)6)79-55(96)34-93-32-51(80-81-93)25-26-53(94)74-29-27-56(97)84(10)35-58(99)86(12)37-60(101)88(14)39-62(103)90(16)41-64(105)92(18)43-65(106)91(17)42-63(104)89(15)40-61(102)87(13)38-59(100)85(11)36-57(98)83(9)33-54(95)76-48(7)67(107)46(3)4/h21-24,32,45-48,52,66H,19-20,25-31,33-44H2,1-18H3,(H,74,94)(H,76,95)(H,77,108)(H,78,109)(H,79,96)(H3,73,75,111)/t48-,52-,66-/m0/s1. The van der Waals surface area contributed by atoms with Crippen LogP contribution in [0.25, 0.3) is 0 Å². The van der Waals surface area contributed by atoms with Crippen LogP contribution in [0, 0.1) is 17.8 Å². The summed E-state index contributed by atoms with van der Waals surface area (Å²) in [6.07, 6.45) is 0.837. The van der Waals surface area contributed by atoms with Gasteiger partial charge in [-0.1, -0.05) is 58.9 Å². The van der Waals surface area contributed by atoms with Crippen LogP contribution in [0.3, 0.4) is 0 Å². The van der Waals surface area contributed by atoms with Gasteiger partial charge in [0.05, 0.1) is 89.6 Å². The molecule has 1 aromatic heterocycles. The normalized spacial score (nSPS) is 11.6. The van der Waals surface area contributed by atoms with Crippen LogP contribution in [0.1, 0.15) is 85.4 Å².